The molecule has 0 spiro atoms. The van der Waals surface area contributed by atoms with Gasteiger partial charge in [0.2, 0.25) is 5.95 Å². The van der Waals surface area contributed by atoms with E-state index in [-0.39, 0.29) is 31.7 Å². The van der Waals surface area contributed by atoms with E-state index in [9.17, 15) is 19.0 Å². The van der Waals surface area contributed by atoms with Gasteiger partial charge >= 0.3 is 0 Å². The Balaban J connectivity index is 1.45. The molecule has 36 heavy (non-hydrogen) atoms. The zero-order valence-electron chi connectivity index (χ0n) is 20.6. The van der Waals surface area contributed by atoms with Crippen molar-refractivity contribution in [3.05, 3.63) is 36.3 Å². The normalized spacial score (nSPS) is 27.1. The zero-order valence-corrected chi connectivity index (χ0v) is 20.6. The fraction of sp³-hybridized carbons (Fsp3) is 0.520. The average molecular weight is 500 g/mol. The Labute approximate surface area is 208 Å². The van der Waals surface area contributed by atoms with Crippen molar-refractivity contribution in [1.29, 1.82) is 0 Å². The molecule has 0 amide bonds. The number of aliphatic hydroxyl groups is 2. The van der Waals surface area contributed by atoms with Gasteiger partial charge in [-0.15, -0.1) is 0 Å². The van der Waals surface area contributed by atoms with Crippen molar-refractivity contribution in [2.45, 2.75) is 57.1 Å². The molecule has 3 aromatic heterocycles. The number of fused-ring (bicyclic) bond motifs is 1. The number of hydrogen-bond acceptors (Lipinski definition) is 9. The molecule has 192 valence electrons. The van der Waals surface area contributed by atoms with Gasteiger partial charge in [-0.1, -0.05) is 6.92 Å². The molecule has 5 heterocycles. The lowest BCUT2D eigenvalue weighted by molar-refractivity contribution is -0.00860. The van der Waals surface area contributed by atoms with Gasteiger partial charge in [-0.2, -0.15) is 4.98 Å². The Bertz CT molecular complexity index is 1260. The van der Waals surface area contributed by atoms with Gasteiger partial charge in [0.15, 0.2) is 5.67 Å². The summed E-state index contributed by atoms with van der Waals surface area (Å²) in [4.78, 5) is 21.6. The van der Waals surface area contributed by atoms with Crippen LogP contribution in [0.3, 0.4) is 0 Å². The molecular formula is C25H31F2N7O2. The van der Waals surface area contributed by atoms with Crippen molar-refractivity contribution in [2.24, 2.45) is 0 Å². The van der Waals surface area contributed by atoms with E-state index in [0.29, 0.717) is 36.4 Å². The third-order valence-corrected chi connectivity index (χ3v) is 7.29. The Morgan fingerprint density at radius 3 is 2.72 bits per heavy atom. The number of aliphatic hydroxyl groups excluding tert-OH is 2. The van der Waals surface area contributed by atoms with Crippen molar-refractivity contribution in [3.63, 3.8) is 0 Å². The summed E-state index contributed by atoms with van der Waals surface area (Å²) >= 11 is 0. The SMILES string of the molecule is C[C@H](CO)c1cnc(N2C[C@@H](F)[C@H]2C)c2cnc(Nc3ccnc(N4CCC(O)C(C)(F)C4)n3)cc12. The summed E-state index contributed by atoms with van der Waals surface area (Å²) in [6, 6.07) is 3.30. The second-order valence-corrected chi connectivity index (χ2v) is 10.0. The van der Waals surface area contributed by atoms with Gasteiger partial charge in [0.05, 0.1) is 25.2 Å². The van der Waals surface area contributed by atoms with Crippen molar-refractivity contribution in [3.8, 4) is 0 Å². The number of pyridine rings is 2. The lowest BCUT2D eigenvalue weighted by Crippen LogP contribution is -2.57. The van der Waals surface area contributed by atoms with Crippen molar-refractivity contribution < 1.29 is 19.0 Å². The Morgan fingerprint density at radius 2 is 2.03 bits per heavy atom. The molecule has 5 atom stereocenters. The second kappa shape index (κ2) is 9.36. The van der Waals surface area contributed by atoms with Crippen molar-refractivity contribution in [2.75, 3.05) is 41.4 Å². The van der Waals surface area contributed by atoms with Gasteiger partial charge in [0, 0.05) is 43.0 Å². The highest BCUT2D eigenvalue weighted by Gasteiger charge is 2.40. The number of nitrogens with one attached hydrogen (secondary N) is 1. The molecule has 3 N–H and O–H groups in total. The molecular weight excluding hydrogens is 468 g/mol. The Kier molecular flexibility index (Phi) is 6.37. The molecule has 5 rings (SSSR count). The molecule has 11 heteroatoms. The van der Waals surface area contributed by atoms with Crippen LogP contribution in [0.15, 0.2) is 30.7 Å². The number of piperidine rings is 1. The predicted molar refractivity (Wildman–Crippen MR) is 134 cm³/mol. The zero-order chi connectivity index (χ0) is 25.6. The first-order valence-electron chi connectivity index (χ1n) is 12.2. The molecule has 2 aliphatic heterocycles. The molecule has 2 unspecified atom stereocenters. The van der Waals surface area contributed by atoms with E-state index in [2.05, 4.69) is 25.3 Å². The number of rotatable bonds is 6. The summed E-state index contributed by atoms with van der Waals surface area (Å²) < 4.78 is 28.5. The third kappa shape index (κ3) is 4.41. The van der Waals surface area contributed by atoms with Crippen LogP contribution in [0.2, 0.25) is 0 Å². The van der Waals surface area contributed by atoms with Gasteiger partial charge in [0.25, 0.3) is 0 Å². The number of halogens is 2. The molecule has 3 aromatic rings. The summed E-state index contributed by atoms with van der Waals surface area (Å²) in [5.74, 6) is 1.90. The maximum Gasteiger partial charge on any atom is 0.227 e. The molecule has 2 fully saturated rings. The average Bonchev–Trinajstić information content (AvgIpc) is 2.87. The topological polar surface area (TPSA) is 111 Å². The van der Waals surface area contributed by atoms with Crippen LogP contribution in [-0.2, 0) is 0 Å². The van der Waals surface area contributed by atoms with Crippen LogP contribution in [0.25, 0.3) is 10.8 Å². The smallest absolute Gasteiger partial charge is 0.227 e. The van der Waals surface area contributed by atoms with Crippen LogP contribution in [0.5, 0.6) is 0 Å². The Morgan fingerprint density at radius 1 is 1.22 bits per heavy atom. The molecule has 0 bridgehead atoms. The van der Waals surface area contributed by atoms with Crippen LogP contribution in [0.1, 0.15) is 38.7 Å². The minimum Gasteiger partial charge on any atom is -0.396 e. The van der Waals surface area contributed by atoms with Crippen LogP contribution in [0, 0.1) is 0 Å². The number of anilines is 4. The molecule has 0 radical (unpaired) electrons. The lowest BCUT2D eigenvalue weighted by atomic mass is 9.94. The highest BCUT2D eigenvalue weighted by atomic mass is 19.1. The second-order valence-electron chi connectivity index (χ2n) is 10.0. The van der Waals surface area contributed by atoms with Gasteiger partial charge in [-0.25, -0.2) is 23.7 Å². The van der Waals surface area contributed by atoms with Gasteiger partial charge in [0.1, 0.15) is 23.6 Å². The van der Waals surface area contributed by atoms with Gasteiger partial charge < -0.3 is 25.3 Å². The van der Waals surface area contributed by atoms with E-state index in [1.54, 1.807) is 29.6 Å². The minimum atomic E-state index is -1.74. The van der Waals surface area contributed by atoms with Gasteiger partial charge in [-0.05, 0) is 43.4 Å². The maximum atomic E-state index is 14.7. The molecule has 0 aromatic carbocycles. The van der Waals surface area contributed by atoms with Crippen LogP contribution in [0.4, 0.5) is 32.2 Å². The minimum absolute atomic E-state index is 0.00130. The Hall–Kier alpha value is -3.18. The van der Waals surface area contributed by atoms with E-state index in [0.717, 1.165) is 16.3 Å². The van der Waals surface area contributed by atoms with Crippen molar-refractivity contribution in [1.82, 2.24) is 19.9 Å². The van der Waals surface area contributed by atoms with Crippen LogP contribution in [-0.4, -0.2) is 80.4 Å². The number of alkyl halides is 2. The van der Waals surface area contributed by atoms with E-state index < -0.39 is 17.9 Å². The van der Waals surface area contributed by atoms with E-state index in [1.807, 2.05) is 24.8 Å². The summed E-state index contributed by atoms with van der Waals surface area (Å²) in [6.45, 7) is 5.82. The highest BCUT2D eigenvalue weighted by molar-refractivity contribution is 5.96. The molecule has 9 nitrogen and oxygen atoms in total. The third-order valence-electron chi connectivity index (χ3n) is 7.29. The monoisotopic (exact) mass is 499 g/mol. The first-order chi connectivity index (χ1) is 17.2. The van der Waals surface area contributed by atoms with E-state index in [1.165, 1.54) is 6.92 Å². The van der Waals surface area contributed by atoms with Crippen LogP contribution >= 0.6 is 0 Å². The molecule has 0 saturated carbocycles. The quantitative estimate of drug-likeness (QED) is 0.471. The van der Waals surface area contributed by atoms with Crippen LogP contribution < -0.4 is 15.1 Å². The molecule has 2 saturated heterocycles. The molecule has 0 aliphatic carbocycles. The fourth-order valence-corrected chi connectivity index (χ4v) is 4.78. The fourth-order valence-electron chi connectivity index (χ4n) is 4.78. The predicted octanol–water partition coefficient (Wildman–Crippen LogP) is 3.11. The summed E-state index contributed by atoms with van der Waals surface area (Å²) in [6.07, 6.45) is 3.42. The van der Waals surface area contributed by atoms with E-state index in [4.69, 9.17) is 0 Å². The van der Waals surface area contributed by atoms with Gasteiger partial charge in [-0.3, -0.25) is 0 Å². The van der Waals surface area contributed by atoms with Crippen molar-refractivity contribution >= 4 is 34.2 Å². The highest BCUT2D eigenvalue weighted by Crippen LogP contribution is 2.36. The first-order valence-corrected chi connectivity index (χ1v) is 12.2. The number of aromatic nitrogens is 4. The summed E-state index contributed by atoms with van der Waals surface area (Å²) in [5.41, 5.74) is -0.878. The number of hydrogen-bond donors (Lipinski definition) is 3. The summed E-state index contributed by atoms with van der Waals surface area (Å²) in [7, 11) is 0. The first kappa shape index (κ1) is 24.5. The largest absolute Gasteiger partial charge is 0.396 e. The standard InChI is InChI=1S/C25H31F2N7O2/c1-14(12-35)17-9-30-23(34-11-19(26)15(34)2)18-10-29-22(8-16(17)18)31-21-4-6-28-24(32-21)33-7-5-20(36)25(3,27)13-33/h4,6,8-10,14-15,19-20,35-36H,5,7,11-13H2,1-3H3,(H,28,29,31,32)/t14-,15-,19-,20?,25?/m1/s1. The molecule has 2 aliphatic rings. The maximum absolute atomic E-state index is 14.7. The summed E-state index contributed by atoms with van der Waals surface area (Å²) in [5, 5.41) is 24.5. The number of nitrogens with zero attached hydrogens (tertiary/aromatic N) is 6. The lowest BCUT2D eigenvalue weighted by Gasteiger charge is -2.43. The van der Waals surface area contributed by atoms with E-state index >= 15 is 0 Å².